The van der Waals surface area contributed by atoms with Crippen LogP contribution < -0.4 is 0 Å². The minimum Gasteiger partial charge on any atom is -0.391 e. The van der Waals surface area contributed by atoms with Gasteiger partial charge in [-0.1, -0.05) is 76.5 Å². The molecule has 0 amide bonds. The lowest BCUT2D eigenvalue weighted by Gasteiger charge is -2.25. The van der Waals surface area contributed by atoms with Gasteiger partial charge in [-0.05, 0) is 36.8 Å². The minimum atomic E-state index is -4.41. The summed E-state index contributed by atoms with van der Waals surface area (Å²) in [4.78, 5) is 9.70. The quantitative estimate of drug-likeness (QED) is 0.225. The third-order valence-electron chi connectivity index (χ3n) is 5.49. The first kappa shape index (κ1) is 25.5. The normalized spacial score (nSPS) is 13.3. The molecule has 0 aliphatic carbocycles. The topological polar surface area (TPSA) is 106 Å². The Morgan fingerprint density at radius 1 is 0.833 bits per heavy atom. The molecule has 0 radical (unpaired) electrons. The predicted molar refractivity (Wildman–Crippen MR) is 138 cm³/mol. The average Bonchev–Trinajstić information content (AvgIpc) is 2.91. The molecule has 1 heterocycles. The highest BCUT2D eigenvalue weighted by Crippen LogP contribution is 2.25. The summed E-state index contributed by atoms with van der Waals surface area (Å²) >= 11 is 0. The van der Waals surface area contributed by atoms with E-state index in [-0.39, 0.29) is 9.79 Å². The molecule has 10 heteroatoms. The molecule has 3 aromatic carbocycles. The maximum absolute atomic E-state index is 13.5. The highest BCUT2D eigenvalue weighted by atomic mass is 32.3. The molecule has 0 saturated heterocycles. The SMILES string of the molecule is CCC(CN(S(=O)(=O)c1ccccc1)S(=O)(=O)c1ccccc1)O/N=C/c1cccc2cccnc12. The first-order valence-corrected chi connectivity index (χ1v) is 14.1. The fraction of sp³-hybridized carbons (Fsp3) is 0.154. The van der Waals surface area contributed by atoms with Crippen molar-refractivity contribution in [3.8, 4) is 0 Å². The Balaban J connectivity index is 1.65. The number of oxime groups is 1. The van der Waals surface area contributed by atoms with Crippen LogP contribution in [0.4, 0.5) is 0 Å². The molecule has 0 saturated carbocycles. The van der Waals surface area contributed by atoms with Crippen molar-refractivity contribution >= 4 is 37.2 Å². The molecule has 4 aromatic rings. The molecular weight excluding hydrogens is 498 g/mol. The smallest absolute Gasteiger partial charge is 0.256 e. The first-order chi connectivity index (χ1) is 17.3. The van der Waals surface area contributed by atoms with Gasteiger partial charge in [0, 0.05) is 17.1 Å². The van der Waals surface area contributed by atoms with Gasteiger partial charge in [0.1, 0.15) is 6.10 Å². The Labute approximate surface area is 211 Å². The van der Waals surface area contributed by atoms with Crippen LogP contribution in [0, 0.1) is 0 Å². The first-order valence-electron chi connectivity index (χ1n) is 11.2. The molecule has 186 valence electrons. The van der Waals surface area contributed by atoms with Gasteiger partial charge in [-0.3, -0.25) is 4.98 Å². The van der Waals surface area contributed by atoms with Gasteiger partial charge >= 0.3 is 0 Å². The van der Waals surface area contributed by atoms with Gasteiger partial charge in [0.15, 0.2) is 0 Å². The molecule has 0 bridgehead atoms. The van der Waals surface area contributed by atoms with Crippen molar-refractivity contribution in [2.45, 2.75) is 29.2 Å². The van der Waals surface area contributed by atoms with Crippen molar-refractivity contribution in [3.63, 3.8) is 0 Å². The van der Waals surface area contributed by atoms with Crippen molar-refractivity contribution in [2.75, 3.05) is 6.54 Å². The number of hydrogen-bond donors (Lipinski definition) is 0. The number of rotatable bonds is 10. The van der Waals surface area contributed by atoms with Crippen LogP contribution in [0.15, 0.2) is 112 Å². The predicted octanol–water partition coefficient (Wildman–Crippen LogP) is 4.44. The number of benzene rings is 3. The maximum atomic E-state index is 13.5. The largest absolute Gasteiger partial charge is 0.391 e. The van der Waals surface area contributed by atoms with E-state index in [2.05, 4.69) is 10.1 Å². The van der Waals surface area contributed by atoms with Crippen LogP contribution in [0.2, 0.25) is 0 Å². The molecule has 1 unspecified atom stereocenters. The van der Waals surface area contributed by atoms with E-state index in [0.717, 1.165) is 10.9 Å². The monoisotopic (exact) mass is 523 g/mol. The van der Waals surface area contributed by atoms with Crippen molar-refractivity contribution < 1.29 is 21.7 Å². The Morgan fingerprint density at radius 2 is 1.42 bits per heavy atom. The Morgan fingerprint density at radius 3 is 2.00 bits per heavy atom. The van der Waals surface area contributed by atoms with Gasteiger partial charge in [-0.2, -0.15) is 0 Å². The number of sulfonamides is 2. The zero-order chi connectivity index (χ0) is 25.6. The van der Waals surface area contributed by atoms with Crippen LogP contribution in [0.5, 0.6) is 0 Å². The molecule has 0 spiro atoms. The standard InChI is InChI=1S/C26H25N3O5S2/c1-2-23(34-28-19-22-12-9-11-21-13-10-18-27-26(21)22)20-29(35(30,31)24-14-5-3-6-15-24)36(32,33)25-16-7-4-8-17-25/h3-19,23H,2,20H2,1H3/b28-19+. The molecular formula is C26H25N3O5S2. The average molecular weight is 524 g/mol. The van der Waals surface area contributed by atoms with Gasteiger partial charge in [-0.25, -0.2) is 16.8 Å². The second-order valence-electron chi connectivity index (χ2n) is 7.88. The fourth-order valence-corrected chi connectivity index (χ4v) is 7.30. The molecule has 0 aliphatic rings. The molecule has 0 N–H and O–H groups in total. The minimum absolute atomic E-state index is 0.135. The van der Waals surface area contributed by atoms with Gasteiger partial charge in [0.25, 0.3) is 20.0 Å². The Bertz CT molecular complexity index is 1480. The van der Waals surface area contributed by atoms with Crippen LogP contribution >= 0.6 is 0 Å². The molecule has 1 atom stereocenters. The van der Waals surface area contributed by atoms with Crippen LogP contribution in [-0.2, 0) is 24.9 Å². The summed E-state index contributed by atoms with van der Waals surface area (Å²) in [7, 11) is -8.83. The van der Waals surface area contributed by atoms with E-state index in [0.29, 0.717) is 15.7 Å². The van der Waals surface area contributed by atoms with E-state index in [1.807, 2.05) is 30.3 Å². The van der Waals surface area contributed by atoms with Crippen LogP contribution in [0.25, 0.3) is 10.9 Å². The lowest BCUT2D eigenvalue weighted by atomic mass is 10.1. The maximum Gasteiger partial charge on any atom is 0.256 e. The number of aromatic nitrogens is 1. The number of fused-ring (bicyclic) bond motifs is 1. The summed E-state index contributed by atoms with van der Waals surface area (Å²) < 4.78 is 54.5. The van der Waals surface area contributed by atoms with E-state index in [1.54, 1.807) is 25.3 Å². The van der Waals surface area contributed by atoms with Crippen molar-refractivity contribution in [1.29, 1.82) is 0 Å². The van der Waals surface area contributed by atoms with Crippen LogP contribution in [0.3, 0.4) is 0 Å². The van der Waals surface area contributed by atoms with Crippen LogP contribution in [0.1, 0.15) is 18.9 Å². The summed E-state index contributed by atoms with van der Waals surface area (Å²) in [6.45, 7) is 1.32. The van der Waals surface area contributed by atoms with E-state index in [9.17, 15) is 16.8 Å². The van der Waals surface area contributed by atoms with Gasteiger partial charge in [-0.15, -0.1) is 0 Å². The third-order valence-corrected chi connectivity index (χ3v) is 9.78. The summed E-state index contributed by atoms with van der Waals surface area (Å²) in [6, 6.07) is 24.3. The lowest BCUT2D eigenvalue weighted by molar-refractivity contribution is 0.0527. The number of pyridine rings is 1. The number of para-hydroxylation sites is 1. The third kappa shape index (κ3) is 5.46. The molecule has 0 aliphatic heterocycles. The molecule has 36 heavy (non-hydrogen) atoms. The summed E-state index contributed by atoms with van der Waals surface area (Å²) in [6.07, 6.45) is 2.65. The zero-order valence-electron chi connectivity index (χ0n) is 19.5. The highest BCUT2D eigenvalue weighted by molar-refractivity contribution is 8.04. The number of hydrogen-bond acceptors (Lipinski definition) is 7. The Kier molecular flexibility index (Phi) is 7.78. The van der Waals surface area contributed by atoms with Gasteiger partial charge < -0.3 is 4.84 Å². The van der Waals surface area contributed by atoms with Crippen molar-refractivity contribution in [3.05, 3.63) is 103 Å². The lowest BCUT2D eigenvalue weighted by Crippen LogP contribution is -2.42. The summed E-state index contributed by atoms with van der Waals surface area (Å²) in [5, 5.41) is 4.98. The second kappa shape index (κ2) is 11.0. The van der Waals surface area contributed by atoms with Crippen molar-refractivity contribution in [1.82, 2.24) is 8.69 Å². The molecule has 0 fully saturated rings. The van der Waals surface area contributed by atoms with E-state index >= 15 is 0 Å². The van der Waals surface area contributed by atoms with Gasteiger partial charge in [0.2, 0.25) is 0 Å². The highest BCUT2D eigenvalue weighted by Gasteiger charge is 2.38. The molecule has 1 aromatic heterocycles. The molecule has 4 rings (SSSR count). The van der Waals surface area contributed by atoms with E-state index in [4.69, 9.17) is 4.84 Å². The number of nitrogens with zero attached hydrogens (tertiary/aromatic N) is 3. The zero-order valence-corrected chi connectivity index (χ0v) is 21.1. The summed E-state index contributed by atoms with van der Waals surface area (Å²) in [5.74, 6) is 0. The second-order valence-corrected chi connectivity index (χ2v) is 11.8. The fourth-order valence-electron chi connectivity index (χ4n) is 3.55. The van der Waals surface area contributed by atoms with Crippen LogP contribution in [-0.4, -0.2) is 44.4 Å². The van der Waals surface area contributed by atoms with E-state index < -0.39 is 32.7 Å². The Hall–Kier alpha value is -3.60. The summed E-state index contributed by atoms with van der Waals surface area (Å²) in [5.41, 5.74) is 1.45. The van der Waals surface area contributed by atoms with Gasteiger partial charge in [0.05, 0.1) is 28.1 Å². The van der Waals surface area contributed by atoms with E-state index in [1.165, 1.54) is 54.7 Å². The molecule has 8 nitrogen and oxygen atoms in total. The van der Waals surface area contributed by atoms with Crippen molar-refractivity contribution in [2.24, 2.45) is 5.16 Å².